The smallest absolute Gasteiger partial charge is 0.0138 e. The van der Waals surface area contributed by atoms with Crippen molar-refractivity contribution in [2.75, 3.05) is 11.5 Å². The first kappa shape index (κ1) is 10.6. The number of fused-ring (bicyclic) bond motifs is 1. The zero-order valence-electron chi connectivity index (χ0n) is 9.20. The highest BCUT2D eigenvalue weighted by molar-refractivity contribution is 7.99. The van der Waals surface area contributed by atoms with Gasteiger partial charge in [-0.2, -0.15) is 11.8 Å². The molecule has 2 aliphatic rings. The summed E-state index contributed by atoms with van der Waals surface area (Å²) in [7, 11) is 0. The summed E-state index contributed by atoms with van der Waals surface area (Å²) >= 11 is 2.04. The maximum Gasteiger partial charge on any atom is 0.0138 e. The summed E-state index contributed by atoms with van der Waals surface area (Å²) in [5.74, 6) is 4.35. The topological polar surface area (TPSA) is 12.0 Å². The van der Waals surface area contributed by atoms with Crippen LogP contribution in [-0.2, 0) is 0 Å². The molecule has 0 aromatic rings. The Morgan fingerprint density at radius 2 is 2.43 bits per heavy atom. The van der Waals surface area contributed by atoms with Crippen molar-refractivity contribution >= 4 is 11.8 Å². The van der Waals surface area contributed by atoms with Gasteiger partial charge < -0.3 is 5.32 Å². The van der Waals surface area contributed by atoms with Gasteiger partial charge in [0.15, 0.2) is 0 Å². The molecule has 4 atom stereocenters. The monoisotopic (exact) mass is 211 g/mol. The molecule has 0 aromatic heterocycles. The zero-order valence-corrected chi connectivity index (χ0v) is 10.0. The fourth-order valence-corrected chi connectivity index (χ4v) is 3.30. The largest absolute Gasteiger partial charge is 0.310 e. The molecule has 0 radical (unpaired) electrons. The van der Waals surface area contributed by atoms with E-state index < -0.39 is 0 Å². The van der Waals surface area contributed by atoms with Crippen LogP contribution in [0.5, 0.6) is 0 Å². The fourth-order valence-electron chi connectivity index (χ4n) is 2.62. The molecule has 2 heteroatoms. The van der Waals surface area contributed by atoms with Crippen LogP contribution in [0, 0.1) is 11.8 Å². The van der Waals surface area contributed by atoms with Crippen molar-refractivity contribution in [1.29, 1.82) is 0 Å². The van der Waals surface area contributed by atoms with E-state index in [-0.39, 0.29) is 0 Å². The lowest BCUT2D eigenvalue weighted by Gasteiger charge is -2.42. The van der Waals surface area contributed by atoms with Crippen LogP contribution in [0.25, 0.3) is 0 Å². The summed E-state index contributed by atoms with van der Waals surface area (Å²) in [6, 6.07) is 1.46. The third kappa shape index (κ3) is 2.17. The normalized spacial score (nSPS) is 36.6. The fraction of sp³-hybridized carbons (Fsp3) is 0.833. The molecule has 1 fully saturated rings. The molecule has 1 saturated carbocycles. The number of hydrogen-bond donors (Lipinski definition) is 1. The van der Waals surface area contributed by atoms with Crippen molar-refractivity contribution in [3.63, 3.8) is 0 Å². The predicted octanol–water partition coefficient (Wildman–Crippen LogP) is 2.68. The molecule has 0 bridgehead atoms. The molecule has 80 valence electrons. The highest BCUT2D eigenvalue weighted by Gasteiger charge is 2.40. The number of nitrogens with one attached hydrogen (secondary N) is 1. The van der Waals surface area contributed by atoms with Gasteiger partial charge in [-0.1, -0.05) is 19.1 Å². The number of allylic oxidation sites excluding steroid dienone is 1. The Hall–Kier alpha value is 0.0500. The van der Waals surface area contributed by atoms with E-state index in [1.165, 1.54) is 24.3 Å². The molecule has 0 heterocycles. The quantitative estimate of drug-likeness (QED) is 0.702. The Kier molecular flexibility index (Phi) is 3.56. The average molecular weight is 211 g/mol. The summed E-state index contributed by atoms with van der Waals surface area (Å²) < 4.78 is 0. The summed E-state index contributed by atoms with van der Waals surface area (Å²) in [5, 5.41) is 3.75. The highest BCUT2D eigenvalue weighted by atomic mass is 32.2. The maximum atomic E-state index is 3.75. The first-order valence-electron chi connectivity index (χ1n) is 5.81. The van der Waals surface area contributed by atoms with Crippen LogP contribution in [0.3, 0.4) is 0 Å². The summed E-state index contributed by atoms with van der Waals surface area (Å²) in [4.78, 5) is 0. The van der Waals surface area contributed by atoms with E-state index >= 15 is 0 Å². The average Bonchev–Trinajstić information content (AvgIpc) is 2.53. The van der Waals surface area contributed by atoms with Crippen molar-refractivity contribution in [2.24, 2.45) is 11.8 Å². The molecule has 0 amide bonds. The molecule has 4 unspecified atom stereocenters. The van der Waals surface area contributed by atoms with Crippen molar-refractivity contribution in [3.05, 3.63) is 12.2 Å². The van der Waals surface area contributed by atoms with Gasteiger partial charge in [0.2, 0.25) is 0 Å². The second kappa shape index (κ2) is 4.71. The lowest BCUT2D eigenvalue weighted by molar-refractivity contribution is 0.155. The van der Waals surface area contributed by atoms with Gasteiger partial charge in [-0.3, -0.25) is 0 Å². The first-order valence-corrected chi connectivity index (χ1v) is 6.97. The molecule has 14 heavy (non-hydrogen) atoms. The Balaban J connectivity index is 1.68. The molecule has 0 spiro atoms. The minimum atomic E-state index is 0.680. The second-order valence-electron chi connectivity index (χ2n) is 4.57. The Bertz CT molecular complexity index is 214. The van der Waals surface area contributed by atoms with Gasteiger partial charge >= 0.3 is 0 Å². The molecular formula is C12H21NS. The molecule has 1 nitrogen and oxygen atoms in total. The summed E-state index contributed by atoms with van der Waals surface area (Å²) in [5.41, 5.74) is 0. The van der Waals surface area contributed by atoms with E-state index in [0.717, 1.165) is 17.9 Å². The van der Waals surface area contributed by atoms with Gasteiger partial charge in [0.05, 0.1) is 0 Å². The van der Waals surface area contributed by atoms with Crippen LogP contribution in [-0.4, -0.2) is 23.6 Å². The van der Waals surface area contributed by atoms with Crippen molar-refractivity contribution in [2.45, 2.75) is 38.8 Å². The summed E-state index contributed by atoms with van der Waals surface area (Å²) in [6.07, 6.45) is 7.52. The standard InChI is InChI=1S/C12H21NS/c1-3-14-8-9(2)13-12-7-10-5-4-6-11(10)12/h4,6,9-13H,3,5,7-8H2,1-2H3. The van der Waals surface area contributed by atoms with Crippen molar-refractivity contribution in [3.8, 4) is 0 Å². The third-order valence-electron chi connectivity index (χ3n) is 3.43. The van der Waals surface area contributed by atoms with Gasteiger partial charge in [0.25, 0.3) is 0 Å². The number of thioether (sulfide) groups is 1. The van der Waals surface area contributed by atoms with E-state index in [4.69, 9.17) is 0 Å². The highest BCUT2D eigenvalue weighted by Crippen LogP contribution is 2.42. The summed E-state index contributed by atoms with van der Waals surface area (Å²) in [6.45, 7) is 4.55. The lowest BCUT2D eigenvalue weighted by Crippen LogP contribution is -2.51. The van der Waals surface area contributed by atoms with Crippen LogP contribution in [0.15, 0.2) is 12.2 Å². The van der Waals surface area contributed by atoms with Crippen LogP contribution in [0.4, 0.5) is 0 Å². The van der Waals surface area contributed by atoms with E-state index in [1.54, 1.807) is 0 Å². The molecule has 2 aliphatic carbocycles. The van der Waals surface area contributed by atoms with Crippen molar-refractivity contribution < 1.29 is 0 Å². The predicted molar refractivity (Wildman–Crippen MR) is 64.7 cm³/mol. The van der Waals surface area contributed by atoms with Gasteiger partial charge in [-0.15, -0.1) is 0 Å². The minimum Gasteiger partial charge on any atom is -0.310 e. The lowest BCUT2D eigenvalue weighted by atomic mass is 9.71. The number of hydrogen-bond acceptors (Lipinski definition) is 2. The Morgan fingerprint density at radius 3 is 3.14 bits per heavy atom. The minimum absolute atomic E-state index is 0.680. The molecule has 0 saturated heterocycles. The molecular weight excluding hydrogens is 190 g/mol. The second-order valence-corrected chi connectivity index (χ2v) is 5.89. The zero-order chi connectivity index (χ0) is 9.97. The van der Waals surface area contributed by atoms with Crippen LogP contribution in [0.1, 0.15) is 26.7 Å². The maximum absolute atomic E-state index is 3.75. The SMILES string of the molecule is CCSCC(C)NC1CC2CC=CC21. The van der Waals surface area contributed by atoms with Crippen LogP contribution >= 0.6 is 11.8 Å². The van der Waals surface area contributed by atoms with Gasteiger partial charge in [0.1, 0.15) is 0 Å². The Labute approximate surface area is 91.7 Å². The van der Waals surface area contributed by atoms with Crippen LogP contribution in [0.2, 0.25) is 0 Å². The van der Waals surface area contributed by atoms with Gasteiger partial charge in [-0.25, -0.2) is 0 Å². The van der Waals surface area contributed by atoms with E-state index in [9.17, 15) is 0 Å². The van der Waals surface area contributed by atoms with Gasteiger partial charge in [-0.05, 0) is 37.4 Å². The third-order valence-corrected chi connectivity index (χ3v) is 4.58. The van der Waals surface area contributed by atoms with Crippen LogP contribution < -0.4 is 5.32 Å². The number of rotatable bonds is 5. The molecule has 0 aliphatic heterocycles. The molecule has 0 aromatic carbocycles. The molecule has 2 rings (SSSR count). The van der Waals surface area contributed by atoms with E-state index in [1.807, 2.05) is 11.8 Å². The van der Waals surface area contributed by atoms with E-state index in [2.05, 4.69) is 31.3 Å². The first-order chi connectivity index (χ1) is 6.81. The Morgan fingerprint density at radius 1 is 1.57 bits per heavy atom. The van der Waals surface area contributed by atoms with Gasteiger partial charge in [0, 0.05) is 17.8 Å². The van der Waals surface area contributed by atoms with E-state index in [0.29, 0.717) is 6.04 Å². The molecule has 1 N–H and O–H groups in total. The van der Waals surface area contributed by atoms with Crippen molar-refractivity contribution in [1.82, 2.24) is 5.32 Å².